The van der Waals surface area contributed by atoms with Gasteiger partial charge in [0.15, 0.2) is 0 Å². The van der Waals surface area contributed by atoms with E-state index in [1.165, 1.54) is 0 Å². The summed E-state index contributed by atoms with van der Waals surface area (Å²) in [4.78, 5) is 25.4. The minimum absolute atomic E-state index is 0.183. The number of carboxylic acids is 1. The standard InChI is InChI=1S/C17H17N5O2/c1-22(17-19-8-6-15(21-17)20-10-16(23)24)11-12-4-5-14-13(9-12)3-2-7-18-14/h2-9H,10-11H2,1H3,(H,23,24)(H,19,20,21). The third-order valence-electron chi connectivity index (χ3n) is 3.49. The van der Waals surface area contributed by atoms with Gasteiger partial charge in [0.1, 0.15) is 12.4 Å². The zero-order valence-electron chi connectivity index (χ0n) is 13.2. The first-order valence-corrected chi connectivity index (χ1v) is 7.45. The Morgan fingerprint density at radius 1 is 1.21 bits per heavy atom. The number of benzene rings is 1. The van der Waals surface area contributed by atoms with Gasteiger partial charge in [0.25, 0.3) is 0 Å². The lowest BCUT2D eigenvalue weighted by atomic mass is 10.1. The molecule has 7 nitrogen and oxygen atoms in total. The average Bonchev–Trinajstić information content (AvgIpc) is 2.60. The maximum absolute atomic E-state index is 10.6. The summed E-state index contributed by atoms with van der Waals surface area (Å²) >= 11 is 0. The molecule has 0 fully saturated rings. The molecule has 2 N–H and O–H groups in total. The van der Waals surface area contributed by atoms with E-state index in [0.717, 1.165) is 16.5 Å². The summed E-state index contributed by atoms with van der Waals surface area (Å²) < 4.78 is 0. The van der Waals surface area contributed by atoms with Gasteiger partial charge in [-0.25, -0.2) is 4.98 Å². The maximum atomic E-state index is 10.6. The molecule has 0 unspecified atom stereocenters. The van der Waals surface area contributed by atoms with Crippen LogP contribution in [-0.2, 0) is 11.3 Å². The van der Waals surface area contributed by atoms with Gasteiger partial charge in [-0.15, -0.1) is 0 Å². The normalized spacial score (nSPS) is 10.5. The summed E-state index contributed by atoms with van der Waals surface area (Å²) in [6, 6.07) is 11.7. The van der Waals surface area contributed by atoms with Crippen molar-refractivity contribution in [3.63, 3.8) is 0 Å². The number of anilines is 2. The van der Waals surface area contributed by atoms with E-state index in [0.29, 0.717) is 18.3 Å². The Hall–Kier alpha value is -3.22. The van der Waals surface area contributed by atoms with Crippen molar-refractivity contribution in [1.82, 2.24) is 15.0 Å². The zero-order valence-corrected chi connectivity index (χ0v) is 13.2. The summed E-state index contributed by atoms with van der Waals surface area (Å²) in [5.74, 6) is 0.0712. The lowest BCUT2D eigenvalue weighted by molar-refractivity contribution is -0.134. The van der Waals surface area contributed by atoms with Crippen LogP contribution in [0.2, 0.25) is 0 Å². The molecule has 0 amide bonds. The lowest BCUT2D eigenvalue weighted by Gasteiger charge is -2.18. The predicted molar refractivity (Wildman–Crippen MR) is 92.0 cm³/mol. The van der Waals surface area contributed by atoms with Crippen molar-refractivity contribution in [1.29, 1.82) is 0 Å². The Kier molecular flexibility index (Phi) is 4.51. The van der Waals surface area contributed by atoms with Gasteiger partial charge >= 0.3 is 5.97 Å². The molecule has 3 aromatic rings. The number of aromatic nitrogens is 3. The molecule has 3 rings (SSSR count). The van der Waals surface area contributed by atoms with Crippen LogP contribution in [0.25, 0.3) is 10.9 Å². The maximum Gasteiger partial charge on any atom is 0.322 e. The van der Waals surface area contributed by atoms with Crippen LogP contribution < -0.4 is 10.2 Å². The number of nitrogens with zero attached hydrogens (tertiary/aromatic N) is 4. The summed E-state index contributed by atoms with van der Waals surface area (Å²) in [5, 5.41) is 12.5. The second kappa shape index (κ2) is 6.91. The smallest absolute Gasteiger partial charge is 0.322 e. The quantitative estimate of drug-likeness (QED) is 0.718. The molecular weight excluding hydrogens is 306 g/mol. The number of hydrogen-bond acceptors (Lipinski definition) is 6. The molecule has 122 valence electrons. The van der Waals surface area contributed by atoms with Gasteiger partial charge in [-0.3, -0.25) is 9.78 Å². The van der Waals surface area contributed by atoms with Crippen molar-refractivity contribution in [2.45, 2.75) is 6.54 Å². The molecule has 0 atom stereocenters. The van der Waals surface area contributed by atoms with Crippen molar-refractivity contribution in [3.8, 4) is 0 Å². The molecule has 0 radical (unpaired) electrons. The van der Waals surface area contributed by atoms with Crippen LogP contribution in [0.5, 0.6) is 0 Å². The number of aliphatic carboxylic acids is 1. The first-order chi connectivity index (χ1) is 11.6. The molecular formula is C17H17N5O2. The van der Waals surface area contributed by atoms with Crippen LogP contribution in [-0.4, -0.2) is 39.6 Å². The van der Waals surface area contributed by atoms with Gasteiger partial charge in [0.05, 0.1) is 5.52 Å². The van der Waals surface area contributed by atoms with Crippen LogP contribution in [0, 0.1) is 0 Å². The van der Waals surface area contributed by atoms with E-state index in [-0.39, 0.29) is 6.54 Å². The third-order valence-corrected chi connectivity index (χ3v) is 3.49. The van der Waals surface area contributed by atoms with Crippen LogP contribution in [0.3, 0.4) is 0 Å². The Morgan fingerprint density at radius 2 is 2.08 bits per heavy atom. The molecule has 2 heterocycles. The molecule has 0 saturated carbocycles. The van der Waals surface area contributed by atoms with Gasteiger partial charge in [0, 0.05) is 31.4 Å². The van der Waals surface area contributed by atoms with Crippen molar-refractivity contribution >= 4 is 28.6 Å². The van der Waals surface area contributed by atoms with Crippen molar-refractivity contribution in [3.05, 3.63) is 54.4 Å². The van der Waals surface area contributed by atoms with Crippen molar-refractivity contribution in [2.24, 2.45) is 0 Å². The highest BCUT2D eigenvalue weighted by Crippen LogP contribution is 2.17. The van der Waals surface area contributed by atoms with Gasteiger partial charge in [-0.2, -0.15) is 4.98 Å². The van der Waals surface area contributed by atoms with Gasteiger partial charge < -0.3 is 15.3 Å². The second-order valence-electron chi connectivity index (χ2n) is 5.38. The highest BCUT2D eigenvalue weighted by atomic mass is 16.4. The number of fused-ring (bicyclic) bond motifs is 1. The van der Waals surface area contributed by atoms with Crippen LogP contribution >= 0.6 is 0 Å². The highest BCUT2D eigenvalue weighted by Gasteiger charge is 2.08. The number of pyridine rings is 1. The van der Waals surface area contributed by atoms with Crippen LogP contribution in [0.15, 0.2) is 48.8 Å². The number of rotatable bonds is 6. The molecule has 0 bridgehead atoms. The van der Waals surface area contributed by atoms with E-state index in [9.17, 15) is 4.79 Å². The molecule has 0 saturated heterocycles. The van der Waals surface area contributed by atoms with E-state index in [2.05, 4.69) is 26.3 Å². The molecule has 0 aliphatic rings. The molecule has 0 aliphatic heterocycles. The minimum Gasteiger partial charge on any atom is -0.480 e. The molecule has 2 aromatic heterocycles. The molecule has 0 spiro atoms. The fourth-order valence-corrected chi connectivity index (χ4v) is 2.36. The molecule has 7 heteroatoms. The minimum atomic E-state index is -0.937. The second-order valence-corrected chi connectivity index (χ2v) is 5.38. The first-order valence-electron chi connectivity index (χ1n) is 7.45. The molecule has 0 aliphatic carbocycles. The fraction of sp³-hybridized carbons (Fsp3) is 0.176. The monoisotopic (exact) mass is 323 g/mol. The summed E-state index contributed by atoms with van der Waals surface area (Å²) in [5.41, 5.74) is 2.07. The lowest BCUT2D eigenvalue weighted by Crippen LogP contribution is -2.20. The first kappa shape index (κ1) is 15.7. The fourth-order valence-electron chi connectivity index (χ4n) is 2.36. The van der Waals surface area contributed by atoms with E-state index >= 15 is 0 Å². The van der Waals surface area contributed by atoms with Crippen molar-refractivity contribution < 1.29 is 9.90 Å². The number of nitrogens with one attached hydrogen (secondary N) is 1. The largest absolute Gasteiger partial charge is 0.480 e. The van der Waals surface area contributed by atoms with Crippen molar-refractivity contribution in [2.75, 3.05) is 23.8 Å². The topological polar surface area (TPSA) is 91.2 Å². The Balaban J connectivity index is 1.74. The van der Waals surface area contributed by atoms with Crippen LogP contribution in [0.4, 0.5) is 11.8 Å². The number of carboxylic acid groups (broad SMARTS) is 1. The Labute approximate surface area is 139 Å². The van der Waals surface area contributed by atoms with Gasteiger partial charge in [-0.05, 0) is 29.8 Å². The molecule has 24 heavy (non-hydrogen) atoms. The third kappa shape index (κ3) is 3.75. The average molecular weight is 323 g/mol. The predicted octanol–water partition coefficient (Wildman–Crippen LogP) is 2.16. The Morgan fingerprint density at radius 3 is 2.92 bits per heavy atom. The SMILES string of the molecule is CN(Cc1ccc2ncccc2c1)c1nccc(NCC(=O)O)n1. The number of hydrogen-bond donors (Lipinski definition) is 2. The van der Waals surface area contributed by atoms with Gasteiger partial charge in [0.2, 0.25) is 5.95 Å². The van der Waals surface area contributed by atoms with Gasteiger partial charge in [-0.1, -0.05) is 12.1 Å². The summed E-state index contributed by atoms with van der Waals surface area (Å²) in [6.07, 6.45) is 3.38. The van der Waals surface area contributed by atoms with Crippen LogP contribution in [0.1, 0.15) is 5.56 Å². The summed E-state index contributed by atoms with van der Waals surface area (Å²) in [6.45, 7) is 0.449. The van der Waals surface area contributed by atoms with E-state index in [1.807, 2.05) is 36.2 Å². The number of carbonyl (C=O) groups is 1. The van der Waals surface area contributed by atoms with E-state index < -0.39 is 5.97 Å². The Bertz CT molecular complexity index is 868. The zero-order chi connectivity index (χ0) is 16.9. The summed E-state index contributed by atoms with van der Waals surface area (Å²) in [7, 11) is 1.89. The van der Waals surface area contributed by atoms with E-state index in [4.69, 9.17) is 5.11 Å². The highest BCUT2D eigenvalue weighted by molar-refractivity contribution is 5.79. The molecule has 1 aromatic carbocycles. The van der Waals surface area contributed by atoms with E-state index in [1.54, 1.807) is 18.5 Å².